The highest BCUT2D eigenvalue weighted by Gasteiger charge is 2.24. The summed E-state index contributed by atoms with van der Waals surface area (Å²) in [6.07, 6.45) is 4.04. The quantitative estimate of drug-likeness (QED) is 0.353. The van der Waals surface area contributed by atoms with Gasteiger partial charge in [-0.2, -0.15) is 0 Å². The number of anilines is 2. The predicted molar refractivity (Wildman–Crippen MR) is 132 cm³/mol. The third kappa shape index (κ3) is 3.34. The number of rotatable bonds is 4. The van der Waals surface area contributed by atoms with Crippen LogP contribution in [0.2, 0.25) is 0 Å². The summed E-state index contributed by atoms with van der Waals surface area (Å²) in [6.45, 7) is 0. The van der Waals surface area contributed by atoms with E-state index in [9.17, 15) is 8.42 Å². The van der Waals surface area contributed by atoms with Crippen molar-refractivity contribution in [2.75, 3.05) is 18.2 Å². The van der Waals surface area contributed by atoms with Gasteiger partial charge < -0.3 is 4.90 Å². The van der Waals surface area contributed by atoms with E-state index in [1.54, 1.807) is 28.8 Å². The summed E-state index contributed by atoms with van der Waals surface area (Å²) >= 11 is 1.52. The number of aromatic nitrogens is 3. The van der Waals surface area contributed by atoms with Gasteiger partial charge in [0.2, 0.25) is 10.1 Å². The summed E-state index contributed by atoms with van der Waals surface area (Å²) < 4.78 is 25.2. The molecule has 0 saturated carbocycles. The minimum atomic E-state index is -3.22. The van der Waals surface area contributed by atoms with Crippen molar-refractivity contribution in [2.45, 2.75) is 11.3 Å². The molecule has 0 N–H and O–H groups in total. The van der Waals surface area contributed by atoms with Gasteiger partial charge >= 0.3 is 0 Å². The van der Waals surface area contributed by atoms with Gasteiger partial charge in [0.1, 0.15) is 0 Å². The molecule has 0 fully saturated rings. The Labute approximate surface area is 195 Å². The average molecular weight is 473 g/mol. The molecule has 3 aromatic carbocycles. The van der Waals surface area contributed by atoms with E-state index in [-0.39, 0.29) is 0 Å². The second-order valence-electron chi connectivity index (χ2n) is 8.24. The van der Waals surface area contributed by atoms with Crippen molar-refractivity contribution < 1.29 is 8.42 Å². The van der Waals surface area contributed by atoms with E-state index in [0.717, 1.165) is 33.5 Å². The fourth-order valence-corrected chi connectivity index (χ4v) is 5.88. The first-order valence-electron chi connectivity index (χ1n) is 10.5. The van der Waals surface area contributed by atoms with Gasteiger partial charge in [0.15, 0.2) is 9.84 Å². The molecule has 0 unspecified atom stereocenters. The lowest BCUT2D eigenvalue weighted by molar-refractivity contribution is 0.602. The number of hydrogen-bond acceptors (Lipinski definition) is 6. The predicted octanol–water partition coefficient (Wildman–Crippen LogP) is 5.20. The van der Waals surface area contributed by atoms with Crippen molar-refractivity contribution in [3.63, 3.8) is 0 Å². The van der Waals surface area contributed by atoms with E-state index >= 15 is 0 Å². The molecule has 1 aliphatic carbocycles. The Kier molecular flexibility index (Phi) is 4.43. The van der Waals surface area contributed by atoms with Crippen LogP contribution >= 0.6 is 11.3 Å². The molecule has 0 spiro atoms. The van der Waals surface area contributed by atoms with Crippen molar-refractivity contribution in [3.8, 4) is 22.4 Å². The maximum absolute atomic E-state index is 11.7. The monoisotopic (exact) mass is 472 g/mol. The van der Waals surface area contributed by atoms with Gasteiger partial charge in [-0.25, -0.2) is 17.9 Å². The summed E-state index contributed by atoms with van der Waals surface area (Å²) in [5, 5.41) is 5.63. The van der Waals surface area contributed by atoms with Gasteiger partial charge in [-0.05, 0) is 41.3 Å². The molecule has 0 amide bonds. The first-order valence-corrected chi connectivity index (χ1v) is 13.2. The van der Waals surface area contributed by atoms with Gasteiger partial charge in [-0.15, -0.1) is 5.10 Å². The zero-order valence-electron chi connectivity index (χ0n) is 18.1. The van der Waals surface area contributed by atoms with Crippen LogP contribution in [0.4, 0.5) is 10.8 Å². The van der Waals surface area contributed by atoms with Crippen LogP contribution in [-0.2, 0) is 16.3 Å². The third-order valence-electron chi connectivity index (χ3n) is 6.06. The second-order valence-corrected chi connectivity index (χ2v) is 11.2. The minimum Gasteiger partial charge on any atom is -0.319 e. The Hall–Kier alpha value is -3.49. The Morgan fingerprint density at radius 1 is 0.970 bits per heavy atom. The molecule has 5 aromatic rings. The molecule has 8 heteroatoms. The van der Waals surface area contributed by atoms with E-state index in [0.29, 0.717) is 4.90 Å². The van der Waals surface area contributed by atoms with E-state index in [4.69, 9.17) is 10.1 Å². The van der Waals surface area contributed by atoms with Gasteiger partial charge in [0.25, 0.3) is 0 Å². The largest absolute Gasteiger partial charge is 0.319 e. The van der Waals surface area contributed by atoms with Crippen LogP contribution in [0.1, 0.15) is 11.1 Å². The Bertz CT molecular complexity index is 1600. The van der Waals surface area contributed by atoms with E-state index in [1.807, 2.05) is 13.2 Å². The fourth-order valence-electron chi connectivity index (χ4n) is 4.39. The lowest BCUT2D eigenvalue weighted by Crippen LogP contribution is -2.11. The molecule has 0 radical (unpaired) electrons. The van der Waals surface area contributed by atoms with Crippen molar-refractivity contribution >= 4 is 37.0 Å². The topological polar surface area (TPSA) is 67.6 Å². The minimum absolute atomic E-state index is 0.297. The first-order chi connectivity index (χ1) is 15.9. The van der Waals surface area contributed by atoms with Crippen LogP contribution < -0.4 is 4.90 Å². The standard InChI is InChI=1S/C25H20N4O2S2/c1-28(22-9-5-7-18-14-17-6-3-4-8-20(17)23(18)22)25-27-29-15-21(26-24(29)32-25)16-10-12-19(13-11-16)33(2,30)31/h3-13,15H,14H2,1-2H3. The van der Waals surface area contributed by atoms with Crippen molar-refractivity contribution in [3.05, 3.63) is 84.1 Å². The highest BCUT2D eigenvalue weighted by molar-refractivity contribution is 7.90. The van der Waals surface area contributed by atoms with E-state index < -0.39 is 9.84 Å². The van der Waals surface area contributed by atoms with Crippen LogP contribution in [0, 0.1) is 0 Å². The van der Waals surface area contributed by atoms with Gasteiger partial charge in [-0.3, -0.25) is 0 Å². The van der Waals surface area contributed by atoms with Crippen molar-refractivity contribution in [1.29, 1.82) is 0 Å². The Balaban J connectivity index is 1.35. The molecular formula is C25H20N4O2S2. The zero-order valence-corrected chi connectivity index (χ0v) is 19.7. The van der Waals surface area contributed by atoms with E-state index in [1.165, 1.54) is 39.8 Å². The summed E-state index contributed by atoms with van der Waals surface area (Å²) in [6, 6.07) is 21.8. The smallest absolute Gasteiger partial charge is 0.214 e. The lowest BCUT2D eigenvalue weighted by atomic mass is 10.0. The average Bonchev–Trinajstić information content (AvgIpc) is 3.49. The highest BCUT2D eigenvalue weighted by Crippen LogP contribution is 2.44. The van der Waals surface area contributed by atoms with Crippen molar-refractivity contribution in [1.82, 2.24) is 14.6 Å². The molecule has 0 bridgehead atoms. The summed E-state index contributed by atoms with van der Waals surface area (Å²) in [5.41, 5.74) is 8.00. The molecule has 6 nitrogen and oxygen atoms in total. The maximum Gasteiger partial charge on any atom is 0.214 e. The molecule has 0 atom stereocenters. The number of benzene rings is 3. The normalized spacial score (nSPS) is 12.7. The summed E-state index contributed by atoms with van der Waals surface area (Å²) in [4.78, 5) is 7.93. The van der Waals surface area contributed by atoms with Gasteiger partial charge in [0, 0.05) is 24.4 Å². The van der Waals surface area contributed by atoms with Crippen LogP contribution in [0.15, 0.2) is 77.8 Å². The molecular weight excluding hydrogens is 452 g/mol. The van der Waals surface area contributed by atoms with Crippen LogP contribution in [0.5, 0.6) is 0 Å². The summed E-state index contributed by atoms with van der Waals surface area (Å²) in [5.74, 6) is 0. The number of sulfone groups is 1. The number of hydrogen-bond donors (Lipinski definition) is 0. The Morgan fingerprint density at radius 2 is 1.73 bits per heavy atom. The molecule has 0 saturated heterocycles. The van der Waals surface area contributed by atoms with E-state index in [2.05, 4.69) is 47.4 Å². The first kappa shape index (κ1) is 20.1. The highest BCUT2D eigenvalue weighted by atomic mass is 32.2. The molecule has 6 rings (SSSR count). The molecule has 2 aromatic heterocycles. The molecule has 2 heterocycles. The lowest BCUT2D eigenvalue weighted by Gasteiger charge is -2.19. The fraction of sp³-hybridized carbons (Fsp3) is 0.120. The molecule has 1 aliphatic rings. The maximum atomic E-state index is 11.7. The van der Waals surface area contributed by atoms with Gasteiger partial charge in [0.05, 0.1) is 22.5 Å². The van der Waals surface area contributed by atoms with Crippen molar-refractivity contribution in [2.24, 2.45) is 0 Å². The SMILES string of the molecule is CN(c1nn2cc(-c3ccc(S(C)(=O)=O)cc3)nc2s1)c1cccc2c1-c1ccccc1C2. The molecule has 164 valence electrons. The summed E-state index contributed by atoms with van der Waals surface area (Å²) in [7, 11) is -1.18. The van der Waals surface area contributed by atoms with Crippen LogP contribution in [-0.4, -0.2) is 36.3 Å². The number of fused-ring (bicyclic) bond motifs is 4. The van der Waals surface area contributed by atoms with Crippen LogP contribution in [0.3, 0.4) is 0 Å². The molecule has 0 aliphatic heterocycles. The third-order valence-corrected chi connectivity index (χ3v) is 8.18. The second kappa shape index (κ2) is 7.26. The number of nitrogens with zero attached hydrogens (tertiary/aromatic N) is 4. The molecule has 33 heavy (non-hydrogen) atoms. The zero-order chi connectivity index (χ0) is 22.7. The Morgan fingerprint density at radius 3 is 2.48 bits per heavy atom. The van der Waals surface area contributed by atoms with Crippen LogP contribution in [0.25, 0.3) is 27.3 Å². The number of imidazole rings is 1. The van der Waals surface area contributed by atoms with Gasteiger partial charge in [-0.1, -0.05) is 59.9 Å².